The third-order valence-corrected chi connectivity index (χ3v) is 5.07. The lowest BCUT2D eigenvalue weighted by molar-refractivity contribution is 0.0968. The van der Waals surface area contributed by atoms with Crippen LogP contribution in [0.5, 0.6) is 0 Å². The maximum Gasteiger partial charge on any atom is 0.263 e. The van der Waals surface area contributed by atoms with Gasteiger partial charge in [0.1, 0.15) is 9.88 Å². The van der Waals surface area contributed by atoms with Crippen LogP contribution < -0.4 is 16.4 Å². The van der Waals surface area contributed by atoms with E-state index in [1.54, 1.807) is 18.8 Å². The molecule has 4 N–H and O–H groups in total. The first-order chi connectivity index (χ1) is 8.17. The Morgan fingerprint density at radius 3 is 2.71 bits per heavy atom. The lowest BCUT2D eigenvalue weighted by Crippen LogP contribution is -2.26. The molecule has 0 atom stereocenters. The van der Waals surface area contributed by atoms with Crippen molar-refractivity contribution < 1.29 is 4.79 Å². The van der Waals surface area contributed by atoms with E-state index in [9.17, 15) is 4.79 Å². The van der Waals surface area contributed by atoms with Crippen molar-refractivity contribution in [2.24, 2.45) is 0 Å². The van der Waals surface area contributed by atoms with Gasteiger partial charge in [0.2, 0.25) is 0 Å². The van der Waals surface area contributed by atoms with Gasteiger partial charge in [-0.3, -0.25) is 4.79 Å². The van der Waals surface area contributed by atoms with Crippen molar-refractivity contribution in [2.45, 2.75) is 30.2 Å². The third-order valence-electron chi connectivity index (χ3n) is 2.98. The highest BCUT2D eigenvalue weighted by atomic mass is 32.2. The topological polar surface area (TPSA) is 67.2 Å². The van der Waals surface area contributed by atoms with Crippen LogP contribution in [-0.2, 0) is 0 Å². The van der Waals surface area contributed by atoms with Gasteiger partial charge in [-0.1, -0.05) is 0 Å². The van der Waals surface area contributed by atoms with Crippen LogP contribution in [0.1, 0.15) is 28.9 Å². The highest BCUT2D eigenvalue weighted by Crippen LogP contribution is 2.43. The Morgan fingerprint density at radius 2 is 2.24 bits per heavy atom. The van der Waals surface area contributed by atoms with Gasteiger partial charge in [-0.05, 0) is 25.5 Å². The Bertz CT molecular complexity index is 427. The van der Waals surface area contributed by atoms with Crippen molar-refractivity contribution in [1.82, 2.24) is 5.32 Å². The number of nitrogens with two attached hydrogens (primary N) is 1. The van der Waals surface area contributed by atoms with Crippen molar-refractivity contribution in [3.05, 3.63) is 4.88 Å². The smallest absolute Gasteiger partial charge is 0.263 e. The van der Waals surface area contributed by atoms with E-state index < -0.39 is 0 Å². The lowest BCUT2D eigenvalue weighted by Gasteiger charge is -2.27. The van der Waals surface area contributed by atoms with Crippen LogP contribution in [0.4, 0.5) is 10.7 Å². The highest BCUT2D eigenvalue weighted by Gasteiger charge is 2.23. The number of anilines is 2. The summed E-state index contributed by atoms with van der Waals surface area (Å²) in [7, 11) is 1.62. The molecule has 0 radical (unpaired) electrons. The van der Waals surface area contributed by atoms with Gasteiger partial charge in [0.05, 0.1) is 10.6 Å². The molecule has 0 aliphatic heterocycles. The zero-order valence-electron chi connectivity index (χ0n) is 10.0. The molecule has 1 saturated carbocycles. The summed E-state index contributed by atoms with van der Waals surface area (Å²) in [5.74, 6) is -0.107. The van der Waals surface area contributed by atoms with Crippen molar-refractivity contribution in [2.75, 3.05) is 24.4 Å². The minimum Gasteiger partial charge on any atom is -0.396 e. The minimum absolute atomic E-state index is 0.107. The molecule has 2 rings (SSSR count). The second kappa shape index (κ2) is 5.18. The summed E-state index contributed by atoms with van der Waals surface area (Å²) in [5.41, 5.74) is 6.62. The van der Waals surface area contributed by atoms with E-state index in [-0.39, 0.29) is 5.91 Å². The Kier molecular flexibility index (Phi) is 3.83. The second-order valence-electron chi connectivity index (χ2n) is 4.06. The fraction of sp³-hybridized carbons (Fsp3) is 0.545. The number of carbonyl (C=O) groups is 1. The summed E-state index contributed by atoms with van der Waals surface area (Å²) >= 11 is 3.04. The quantitative estimate of drug-likeness (QED) is 0.736. The molecule has 94 valence electrons. The number of carbonyl (C=O) groups excluding carboxylic acids is 1. The number of thioether (sulfide) groups is 1. The van der Waals surface area contributed by atoms with Gasteiger partial charge < -0.3 is 16.4 Å². The van der Waals surface area contributed by atoms with Crippen LogP contribution in [-0.4, -0.2) is 25.3 Å². The number of nitrogen functional groups attached to an aromatic ring is 1. The molecule has 6 heteroatoms. The average Bonchev–Trinajstić information content (AvgIpc) is 2.59. The van der Waals surface area contributed by atoms with Gasteiger partial charge in [-0.25, -0.2) is 0 Å². The van der Waals surface area contributed by atoms with E-state index in [4.69, 9.17) is 5.73 Å². The van der Waals surface area contributed by atoms with Crippen LogP contribution >= 0.6 is 23.1 Å². The minimum atomic E-state index is -0.107. The van der Waals surface area contributed by atoms with E-state index in [0.717, 1.165) is 9.90 Å². The molecular weight excluding hydrogens is 254 g/mol. The monoisotopic (exact) mass is 271 g/mol. The van der Waals surface area contributed by atoms with Crippen molar-refractivity contribution in [3.8, 4) is 0 Å². The zero-order valence-corrected chi connectivity index (χ0v) is 11.6. The van der Waals surface area contributed by atoms with E-state index in [1.807, 2.05) is 6.26 Å². The zero-order chi connectivity index (χ0) is 12.4. The normalized spacial score (nSPS) is 15.4. The fourth-order valence-corrected chi connectivity index (χ4v) is 3.79. The average molecular weight is 271 g/mol. The summed E-state index contributed by atoms with van der Waals surface area (Å²) in [6.45, 7) is 0. The predicted molar refractivity (Wildman–Crippen MR) is 75.2 cm³/mol. The number of thiophene rings is 1. The number of rotatable bonds is 4. The second-order valence-corrected chi connectivity index (χ2v) is 5.90. The molecule has 4 nitrogen and oxygen atoms in total. The van der Waals surface area contributed by atoms with Crippen molar-refractivity contribution in [3.63, 3.8) is 0 Å². The molecule has 1 aliphatic carbocycles. The van der Waals surface area contributed by atoms with E-state index in [1.165, 1.54) is 30.6 Å². The summed E-state index contributed by atoms with van der Waals surface area (Å²) in [6, 6.07) is 0.552. The molecule has 1 fully saturated rings. The van der Waals surface area contributed by atoms with Gasteiger partial charge in [0, 0.05) is 13.1 Å². The first-order valence-corrected chi connectivity index (χ1v) is 7.66. The first-order valence-electron chi connectivity index (χ1n) is 5.62. The molecule has 1 aliphatic rings. The Hall–Kier alpha value is -0.880. The number of hydrogen-bond donors (Lipinski definition) is 3. The number of nitrogens with one attached hydrogen (secondary N) is 2. The molecule has 0 bridgehead atoms. The molecule has 1 amide bonds. The molecule has 1 aromatic rings. The van der Waals surface area contributed by atoms with Crippen LogP contribution in [0.25, 0.3) is 0 Å². The van der Waals surface area contributed by atoms with Crippen molar-refractivity contribution >= 4 is 39.7 Å². The summed E-state index contributed by atoms with van der Waals surface area (Å²) in [5, 5.41) is 7.14. The predicted octanol–water partition coefficient (Wildman–Crippen LogP) is 2.38. The van der Waals surface area contributed by atoms with E-state index in [2.05, 4.69) is 10.6 Å². The Balaban J connectivity index is 2.27. The maximum absolute atomic E-state index is 11.7. The van der Waals surface area contributed by atoms with Crippen molar-refractivity contribution in [1.29, 1.82) is 0 Å². The molecule has 1 aromatic heterocycles. The standard InChI is InChI=1S/C11H17N3OS2/c1-13-10(15)8-7(12)9(16-2)11(17-8)14-6-4-3-5-6/h6,14H,3-5,12H2,1-2H3,(H,13,15). The molecule has 17 heavy (non-hydrogen) atoms. The van der Waals surface area contributed by atoms with Gasteiger partial charge >= 0.3 is 0 Å². The van der Waals surface area contributed by atoms with Crippen LogP contribution in [0.3, 0.4) is 0 Å². The SMILES string of the molecule is CNC(=O)c1sc(NC2CCC2)c(SC)c1N. The molecule has 0 spiro atoms. The number of hydrogen-bond acceptors (Lipinski definition) is 5. The maximum atomic E-state index is 11.7. The fourth-order valence-electron chi connectivity index (χ4n) is 1.75. The molecule has 0 saturated heterocycles. The Morgan fingerprint density at radius 1 is 1.53 bits per heavy atom. The number of amides is 1. The third kappa shape index (κ3) is 2.37. The van der Waals surface area contributed by atoms with Gasteiger partial charge in [0.25, 0.3) is 5.91 Å². The highest BCUT2D eigenvalue weighted by molar-refractivity contribution is 7.99. The first kappa shape index (κ1) is 12.6. The molecule has 0 aromatic carbocycles. The molecular formula is C11H17N3OS2. The largest absolute Gasteiger partial charge is 0.396 e. The molecule has 1 heterocycles. The summed E-state index contributed by atoms with van der Waals surface area (Å²) in [6.07, 6.45) is 5.69. The van der Waals surface area contributed by atoms with Gasteiger partial charge in [0.15, 0.2) is 0 Å². The van der Waals surface area contributed by atoms with Gasteiger partial charge in [-0.2, -0.15) is 0 Å². The lowest BCUT2D eigenvalue weighted by atomic mass is 9.93. The Labute approximate surface area is 109 Å². The van der Waals surface area contributed by atoms with Gasteiger partial charge in [-0.15, -0.1) is 23.1 Å². The summed E-state index contributed by atoms with van der Waals surface area (Å²) in [4.78, 5) is 13.3. The van der Waals surface area contributed by atoms with E-state index in [0.29, 0.717) is 16.6 Å². The van der Waals surface area contributed by atoms with Crippen LogP contribution in [0.15, 0.2) is 4.90 Å². The van der Waals surface area contributed by atoms with E-state index >= 15 is 0 Å². The molecule has 0 unspecified atom stereocenters. The van der Waals surface area contributed by atoms with Crippen LogP contribution in [0.2, 0.25) is 0 Å². The van der Waals surface area contributed by atoms with Crippen LogP contribution in [0, 0.1) is 0 Å². The summed E-state index contributed by atoms with van der Waals surface area (Å²) < 4.78 is 0.